The van der Waals surface area contributed by atoms with Gasteiger partial charge in [0, 0.05) is 18.0 Å². The number of carboxylic acids is 1. The van der Waals surface area contributed by atoms with Crippen LogP contribution in [0.25, 0.3) is 0 Å². The average molecular weight is 240 g/mol. The van der Waals surface area contributed by atoms with Crippen molar-refractivity contribution in [2.45, 2.75) is 18.6 Å². The number of thioether (sulfide) groups is 1. The molecule has 4 nitrogen and oxygen atoms in total. The molecule has 0 aliphatic heterocycles. The van der Waals surface area contributed by atoms with Gasteiger partial charge in [0.25, 0.3) is 0 Å². The summed E-state index contributed by atoms with van der Waals surface area (Å²) < 4.78 is 0. The van der Waals surface area contributed by atoms with E-state index in [0.29, 0.717) is 10.9 Å². The molecule has 1 rings (SSSR count). The third-order valence-corrected chi connectivity index (χ3v) is 3.36. The van der Waals surface area contributed by atoms with Crippen LogP contribution in [0.15, 0.2) is 18.5 Å². The molecule has 16 heavy (non-hydrogen) atoms. The first kappa shape index (κ1) is 12.8. The predicted octanol–water partition coefficient (Wildman–Crippen LogP) is 2.33. The molecular formula is C11H16N2O2S. The Kier molecular flexibility index (Phi) is 5.11. The standard InChI is InChI=1S/C11H16N2O2S/c1-8(16-2)3-6-13-10-7-12-5-4-9(10)11(14)15/h4-5,7-8,13H,3,6H2,1-2H3,(H,14,15). The number of carboxylic acid groups (broad SMARTS) is 1. The van der Waals surface area contributed by atoms with Gasteiger partial charge in [0.2, 0.25) is 0 Å². The van der Waals surface area contributed by atoms with Gasteiger partial charge in [-0.2, -0.15) is 11.8 Å². The van der Waals surface area contributed by atoms with Crippen molar-refractivity contribution in [3.8, 4) is 0 Å². The number of aromatic carboxylic acids is 1. The Morgan fingerprint density at radius 2 is 2.44 bits per heavy atom. The van der Waals surface area contributed by atoms with Gasteiger partial charge in [-0.15, -0.1) is 0 Å². The molecule has 5 heteroatoms. The van der Waals surface area contributed by atoms with Crippen molar-refractivity contribution in [1.29, 1.82) is 0 Å². The van der Waals surface area contributed by atoms with Gasteiger partial charge in [-0.3, -0.25) is 4.98 Å². The summed E-state index contributed by atoms with van der Waals surface area (Å²) in [4.78, 5) is 14.8. The minimum atomic E-state index is -0.928. The fourth-order valence-electron chi connectivity index (χ4n) is 1.25. The van der Waals surface area contributed by atoms with Crippen molar-refractivity contribution in [3.05, 3.63) is 24.0 Å². The molecule has 0 aromatic carbocycles. The van der Waals surface area contributed by atoms with E-state index in [-0.39, 0.29) is 5.56 Å². The van der Waals surface area contributed by atoms with E-state index >= 15 is 0 Å². The van der Waals surface area contributed by atoms with E-state index in [4.69, 9.17) is 5.11 Å². The topological polar surface area (TPSA) is 62.2 Å². The van der Waals surface area contributed by atoms with E-state index in [1.807, 2.05) is 0 Å². The Bertz CT molecular complexity index is 358. The second-order valence-electron chi connectivity index (χ2n) is 3.49. The van der Waals surface area contributed by atoms with Gasteiger partial charge < -0.3 is 10.4 Å². The number of carbonyl (C=O) groups is 1. The van der Waals surface area contributed by atoms with E-state index in [1.165, 1.54) is 12.3 Å². The van der Waals surface area contributed by atoms with E-state index in [0.717, 1.165) is 13.0 Å². The van der Waals surface area contributed by atoms with Crippen LogP contribution < -0.4 is 5.32 Å². The minimum Gasteiger partial charge on any atom is -0.478 e. The van der Waals surface area contributed by atoms with Gasteiger partial charge in [0.1, 0.15) is 0 Å². The first-order chi connectivity index (χ1) is 7.65. The van der Waals surface area contributed by atoms with E-state index in [1.54, 1.807) is 18.0 Å². The summed E-state index contributed by atoms with van der Waals surface area (Å²) in [5, 5.41) is 12.6. The van der Waals surface area contributed by atoms with Gasteiger partial charge in [-0.1, -0.05) is 6.92 Å². The third kappa shape index (κ3) is 3.73. The van der Waals surface area contributed by atoms with Crippen LogP contribution in [-0.2, 0) is 0 Å². The van der Waals surface area contributed by atoms with Crippen LogP contribution in [0.4, 0.5) is 5.69 Å². The lowest BCUT2D eigenvalue weighted by molar-refractivity contribution is 0.0698. The Balaban J connectivity index is 2.56. The molecule has 1 aromatic heterocycles. The van der Waals surface area contributed by atoms with Gasteiger partial charge in [0.15, 0.2) is 0 Å². The lowest BCUT2D eigenvalue weighted by Crippen LogP contribution is -2.11. The van der Waals surface area contributed by atoms with Crippen LogP contribution in [-0.4, -0.2) is 34.1 Å². The highest BCUT2D eigenvalue weighted by atomic mass is 32.2. The highest BCUT2D eigenvalue weighted by molar-refractivity contribution is 7.99. The smallest absolute Gasteiger partial charge is 0.337 e. The minimum absolute atomic E-state index is 0.270. The number of rotatable bonds is 6. The van der Waals surface area contributed by atoms with Crippen molar-refractivity contribution < 1.29 is 9.90 Å². The van der Waals surface area contributed by atoms with Crippen LogP contribution in [0.3, 0.4) is 0 Å². The maximum atomic E-state index is 10.9. The maximum absolute atomic E-state index is 10.9. The molecule has 88 valence electrons. The molecule has 1 heterocycles. The van der Waals surface area contributed by atoms with Crippen LogP contribution in [0.5, 0.6) is 0 Å². The fourth-order valence-corrected chi connectivity index (χ4v) is 1.60. The molecule has 1 atom stereocenters. The summed E-state index contributed by atoms with van der Waals surface area (Å²) in [6, 6.07) is 1.50. The summed E-state index contributed by atoms with van der Waals surface area (Å²) in [5.41, 5.74) is 0.857. The molecule has 0 aliphatic rings. The Morgan fingerprint density at radius 3 is 3.06 bits per heavy atom. The van der Waals surface area contributed by atoms with Crippen LogP contribution >= 0.6 is 11.8 Å². The normalized spacial score (nSPS) is 12.1. The largest absolute Gasteiger partial charge is 0.478 e. The molecule has 0 saturated heterocycles. The molecule has 0 spiro atoms. The molecule has 0 aliphatic carbocycles. The molecule has 0 saturated carbocycles. The van der Waals surface area contributed by atoms with Gasteiger partial charge in [-0.25, -0.2) is 4.79 Å². The number of hydrogen-bond acceptors (Lipinski definition) is 4. The zero-order chi connectivity index (χ0) is 12.0. The summed E-state index contributed by atoms with van der Waals surface area (Å²) in [6.07, 6.45) is 6.10. The quantitative estimate of drug-likeness (QED) is 0.799. The molecule has 1 unspecified atom stereocenters. The first-order valence-electron chi connectivity index (χ1n) is 5.09. The Hall–Kier alpha value is -1.23. The molecule has 1 aromatic rings. The van der Waals surface area contributed by atoms with Crippen LogP contribution in [0, 0.1) is 0 Å². The van der Waals surface area contributed by atoms with Crippen molar-refractivity contribution >= 4 is 23.4 Å². The zero-order valence-corrected chi connectivity index (χ0v) is 10.3. The number of pyridine rings is 1. The summed E-state index contributed by atoms with van der Waals surface area (Å²) >= 11 is 1.80. The van der Waals surface area contributed by atoms with Gasteiger partial charge in [0.05, 0.1) is 17.4 Å². The predicted molar refractivity (Wildman–Crippen MR) is 67.3 cm³/mol. The summed E-state index contributed by atoms with van der Waals surface area (Å²) in [7, 11) is 0. The van der Waals surface area contributed by atoms with Crippen LogP contribution in [0.2, 0.25) is 0 Å². The Labute approximate surface area is 99.5 Å². The molecule has 0 amide bonds. The Morgan fingerprint density at radius 1 is 1.69 bits per heavy atom. The van der Waals surface area contributed by atoms with Crippen molar-refractivity contribution in [2.24, 2.45) is 0 Å². The SMILES string of the molecule is CSC(C)CCNc1cnccc1C(=O)O. The lowest BCUT2D eigenvalue weighted by Gasteiger charge is -2.11. The number of hydrogen-bond donors (Lipinski definition) is 2. The van der Waals surface area contributed by atoms with Gasteiger partial charge in [-0.05, 0) is 18.7 Å². The summed E-state index contributed by atoms with van der Waals surface area (Å²) in [5.74, 6) is -0.928. The highest BCUT2D eigenvalue weighted by Gasteiger charge is 2.09. The third-order valence-electron chi connectivity index (χ3n) is 2.32. The first-order valence-corrected chi connectivity index (χ1v) is 6.38. The second kappa shape index (κ2) is 6.37. The zero-order valence-electron chi connectivity index (χ0n) is 9.43. The molecule has 0 fully saturated rings. The average Bonchev–Trinajstić information content (AvgIpc) is 2.29. The van der Waals surface area contributed by atoms with Gasteiger partial charge >= 0.3 is 5.97 Å². The number of nitrogens with one attached hydrogen (secondary N) is 1. The molecule has 2 N–H and O–H groups in total. The number of aromatic nitrogens is 1. The fraction of sp³-hybridized carbons (Fsp3) is 0.455. The molecular weight excluding hydrogens is 224 g/mol. The molecule has 0 radical (unpaired) electrons. The number of nitrogens with zero attached hydrogens (tertiary/aromatic N) is 1. The van der Waals surface area contributed by atoms with Crippen LogP contribution in [0.1, 0.15) is 23.7 Å². The van der Waals surface area contributed by atoms with E-state index in [2.05, 4.69) is 23.5 Å². The van der Waals surface area contributed by atoms with E-state index < -0.39 is 5.97 Å². The molecule has 0 bridgehead atoms. The summed E-state index contributed by atoms with van der Waals surface area (Å²) in [6.45, 7) is 2.90. The van der Waals surface area contributed by atoms with Crippen molar-refractivity contribution in [3.63, 3.8) is 0 Å². The van der Waals surface area contributed by atoms with Crippen molar-refractivity contribution in [2.75, 3.05) is 18.1 Å². The number of anilines is 1. The monoisotopic (exact) mass is 240 g/mol. The van der Waals surface area contributed by atoms with Crippen molar-refractivity contribution in [1.82, 2.24) is 4.98 Å². The lowest BCUT2D eigenvalue weighted by atomic mass is 10.2. The second-order valence-corrected chi connectivity index (χ2v) is 4.76. The highest BCUT2D eigenvalue weighted by Crippen LogP contribution is 2.14. The van der Waals surface area contributed by atoms with E-state index in [9.17, 15) is 4.79 Å². The maximum Gasteiger partial charge on any atom is 0.337 e.